The summed E-state index contributed by atoms with van der Waals surface area (Å²) in [6.45, 7) is 8.49. The van der Waals surface area contributed by atoms with Gasteiger partial charge < -0.3 is 5.32 Å². The molecule has 0 amide bonds. The minimum atomic E-state index is 0.666. The van der Waals surface area contributed by atoms with Gasteiger partial charge in [0.05, 0.1) is 0 Å². The van der Waals surface area contributed by atoms with E-state index in [-0.39, 0.29) is 0 Å². The summed E-state index contributed by atoms with van der Waals surface area (Å²) in [5.41, 5.74) is 2.56. The highest BCUT2D eigenvalue weighted by atomic mass is 32.2. The average Bonchev–Trinajstić information content (AvgIpc) is 2.43. The van der Waals surface area contributed by atoms with E-state index in [1.54, 1.807) is 11.8 Å². The largest absolute Gasteiger partial charge is 0.312 e. The third-order valence-electron chi connectivity index (χ3n) is 3.02. The molecule has 0 atom stereocenters. The van der Waals surface area contributed by atoms with E-state index >= 15 is 0 Å². The molecule has 0 saturated heterocycles. The summed E-state index contributed by atoms with van der Waals surface area (Å²) in [5.74, 6) is 0.666. The normalized spacial score (nSPS) is 11.0. The van der Waals surface area contributed by atoms with E-state index < -0.39 is 0 Å². The minimum Gasteiger partial charge on any atom is -0.312 e. The van der Waals surface area contributed by atoms with Crippen LogP contribution in [0.4, 0.5) is 0 Å². The fourth-order valence-electron chi connectivity index (χ4n) is 1.92. The van der Waals surface area contributed by atoms with E-state index in [9.17, 15) is 0 Å². The Labute approximate surface area is 126 Å². The molecule has 20 heavy (non-hydrogen) atoms. The van der Waals surface area contributed by atoms with Crippen LogP contribution in [0.15, 0.2) is 52.5 Å². The number of aromatic nitrogens is 1. The third kappa shape index (κ3) is 4.36. The van der Waals surface area contributed by atoms with E-state index in [0.29, 0.717) is 5.92 Å². The van der Waals surface area contributed by atoms with Crippen molar-refractivity contribution in [3.63, 3.8) is 0 Å². The smallest absolute Gasteiger partial charge is 0.105 e. The number of aryl methyl sites for hydroxylation is 1. The SMILES string of the molecule is Cc1ccccc1Sc1ncccc1CNCC(C)C. The zero-order valence-corrected chi connectivity index (χ0v) is 13.2. The van der Waals surface area contributed by atoms with E-state index in [0.717, 1.165) is 18.1 Å². The average molecular weight is 286 g/mol. The van der Waals surface area contributed by atoms with Gasteiger partial charge in [0.2, 0.25) is 0 Å². The van der Waals surface area contributed by atoms with Crippen molar-refractivity contribution in [3.05, 3.63) is 53.7 Å². The van der Waals surface area contributed by atoms with Gasteiger partial charge in [-0.15, -0.1) is 0 Å². The Morgan fingerprint density at radius 3 is 2.70 bits per heavy atom. The molecule has 0 aliphatic heterocycles. The lowest BCUT2D eigenvalue weighted by Gasteiger charge is -2.11. The Kier molecular flexibility index (Phi) is 5.62. The lowest BCUT2D eigenvalue weighted by molar-refractivity contribution is 0.549. The van der Waals surface area contributed by atoms with Crippen LogP contribution < -0.4 is 5.32 Å². The maximum absolute atomic E-state index is 4.54. The van der Waals surface area contributed by atoms with Gasteiger partial charge in [0, 0.05) is 17.6 Å². The van der Waals surface area contributed by atoms with Gasteiger partial charge in [-0.2, -0.15) is 0 Å². The molecular weight excluding hydrogens is 264 g/mol. The summed E-state index contributed by atoms with van der Waals surface area (Å²) in [5, 5.41) is 4.58. The molecule has 2 aromatic rings. The van der Waals surface area contributed by atoms with Crippen molar-refractivity contribution in [1.29, 1.82) is 0 Å². The number of pyridine rings is 1. The van der Waals surface area contributed by atoms with Crippen molar-refractivity contribution < 1.29 is 0 Å². The van der Waals surface area contributed by atoms with Gasteiger partial charge >= 0.3 is 0 Å². The highest BCUT2D eigenvalue weighted by Crippen LogP contribution is 2.30. The first kappa shape index (κ1) is 15.1. The van der Waals surface area contributed by atoms with Crippen molar-refractivity contribution in [2.45, 2.75) is 37.2 Å². The molecular formula is C17H22N2S. The molecule has 0 radical (unpaired) electrons. The van der Waals surface area contributed by atoms with E-state index in [1.165, 1.54) is 16.0 Å². The molecule has 0 spiro atoms. The summed E-state index contributed by atoms with van der Waals surface area (Å²) in [7, 11) is 0. The number of nitrogens with one attached hydrogen (secondary N) is 1. The van der Waals surface area contributed by atoms with Crippen LogP contribution in [0.3, 0.4) is 0 Å². The monoisotopic (exact) mass is 286 g/mol. The molecule has 2 rings (SSSR count). The van der Waals surface area contributed by atoms with E-state index in [2.05, 4.69) is 61.4 Å². The van der Waals surface area contributed by atoms with Crippen LogP contribution in [0.1, 0.15) is 25.0 Å². The van der Waals surface area contributed by atoms with Crippen molar-refractivity contribution >= 4 is 11.8 Å². The maximum Gasteiger partial charge on any atom is 0.105 e. The number of benzene rings is 1. The van der Waals surface area contributed by atoms with Gasteiger partial charge in [0.25, 0.3) is 0 Å². The molecule has 1 heterocycles. The first-order valence-corrected chi connectivity index (χ1v) is 7.86. The van der Waals surface area contributed by atoms with Gasteiger partial charge in [-0.3, -0.25) is 0 Å². The zero-order valence-electron chi connectivity index (χ0n) is 12.4. The zero-order chi connectivity index (χ0) is 14.4. The lowest BCUT2D eigenvalue weighted by Crippen LogP contribution is -2.19. The first-order chi connectivity index (χ1) is 9.66. The summed E-state index contributed by atoms with van der Waals surface area (Å²) in [6.07, 6.45) is 1.87. The van der Waals surface area contributed by atoms with E-state index in [1.807, 2.05) is 12.3 Å². The highest BCUT2D eigenvalue weighted by molar-refractivity contribution is 7.99. The van der Waals surface area contributed by atoms with Crippen LogP contribution in [0.25, 0.3) is 0 Å². The first-order valence-electron chi connectivity index (χ1n) is 7.05. The Hall–Kier alpha value is -1.32. The van der Waals surface area contributed by atoms with Crippen molar-refractivity contribution in [3.8, 4) is 0 Å². The van der Waals surface area contributed by atoms with Crippen LogP contribution in [0, 0.1) is 12.8 Å². The molecule has 2 nitrogen and oxygen atoms in total. The van der Waals surface area contributed by atoms with Gasteiger partial charge in [-0.05, 0) is 42.6 Å². The van der Waals surface area contributed by atoms with Crippen LogP contribution in [-0.2, 0) is 6.54 Å². The fourth-order valence-corrected chi connectivity index (χ4v) is 2.89. The molecule has 3 heteroatoms. The molecule has 1 N–H and O–H groups in total. The molecule has 0 saturated carbocycles. The number of nitrogens with zero attached hydrogens (tertiary/aromatic N) is 1. The highest BCUT2D eigenvalue weighted by Gasteiger charge is 2.07. The van der Waals surface area contributed by atoms with Gasteiger partial charge in [0.1, 0.15) is 5.03 Å². The fraction of sp³-hybridized carbons (Fsp3) is 0.353. The molecule has 0 aliphatic carbocycles. The Balaban J connectivity index is 2.10. The van der Waals surface area contributed by atoms with Crippen molar-refractivity contribution in [1.82, 2.24) is 10.3 Å². The molecule has 1 aromatic carbocycles. The summed E-state index contributed by atoms with van der Waals surface area (Å²) in [4.78, 5) is 5.81. The molecule has 1 aromatic heterocycles. The molecule has 0 unspecified atom stereocenters. The molecule has 106 valence electrons. The standard InChI is InChI=1S/C17H22N2S/c1-13(2)11-18-12-15-8-6-10-19-17(15)20-16-9-5-4-7-14(16)3/h4-10,13,18H,11-12H2,1-3H3. The topological polar surface area (TPSA) is 24.9 Å². The summed E-state index contributed by atoms with van der Waals surface area (Å²) < 4.78 is 0. The van der Waals surface area contributed by atoms with Gasteiger partial charge in [0.15, 0.2) is 0 Å². The Morgan fingerprint density at radius 1 is 1.15 bits per heavy atom. The minimum absolute atomic E-state index is 0.666. The number of rotatable bonds is 6. The van der Waals surface area contributed by atoms with Crippen LogP contribution >= 0.6 is 11.8 Å². The Bertz CT molecular complexity index is 552. The van der Waals surface area contributed by atoms with Crippen molar-refractivity contribution in [2.24, 2.45) is 5.92 Å². The molecule has 0 bridgehead atoms. The second-order valence-electron chi connectivity index (χ2n) is 5.36. The van der Waals surface area contributed by atoms with Crippen LogP contribution in [0.5, 0.6) is 0 Å². The Morgan fingerprint density at radius 2 is 1.95 bits per heavy atom. The van der Waals surface area contributed by atoms with E-state index in [4.69, 9.17) is 0 Å². The number of hydrogen-bond donors (Lipinski definition) is 1. The third-order valence-corrected chi connectivity index (χ3v) is 4.26. The van der Waals surface area contributed by atoms with Gasteiger partial charge in [-0.1, -0.05) is 49.9 Å². The summed E-state index contributed by atoms with van der Waals surface area (Å²) in [6, 6.07) is 12.6. The second-order valence-corrected chi connectivity index (χ2v) is 6.39. The predicted octanol–water partition coefficient (Wildman–Crippen LogP) is 4.29. The van der Waals surface area contributed by atoms with Gasteiger partial charge in [-0.25, -0.2) is 4.98 Å². The predicted molar refractivity (Wildman–Crippen MR) is 86.1 cm³/mol. The number of hydrogen-bond acceptors (Lipinski definition) is 3. The quantitative estimate of drug-likeness (QED) is 0.857. The maximum atomic E-state index is 4.54. The summed E-state index contributed by atoms with van der Waals surface area (Å²) >= 11 is 1.75. The van der Waals surface area contributed by atoms with Crippen LogP contribution in [-0.4, -0.2) is 11.5 Å². The van der Waals surface area contributed by atoms with Crippen molar-refractivity contribution in [2.75, 3.05) is 6.54 Å². The molecule has 0 aliphatic rings. The lowest BCUT2D eigenvalue weighted by atomic mass is 10.2. The van der Waals surface area contributed by atoms with Crippen LogP contribution in [0.2, 0.25) is 0 Å². The second kappa shape index (κ2) is 7.46. The molecule has 0 fully saturated rings.